The van der Waals surface area contributed by atoms with Crippen molar-refractivity contribution in [2.75, 3.05) is 11.9 Å². The molecule has 1 amide bonds. The summed E-state index contributed by atoms with van der Waals surface area (Å²) in [7, 11) is 0. The lowest BCUT2D eigenvalue weighted by Crippen LogP contribution is -2.27. The highest BCUT2D eigenvalue weighted by molar-refractivity contribution is 6.34. The van der Waals surface area contributed by atoms with Crippen molar-refractivity contribution in [3.63, 3.8) is 0 Å². The summed E-state index contributed by atoms with van der Waals surface area (Å²) >= 11 is 5.92. The van der Waals surface area contributed by atoms with Gasteiger partial charge in [0.05, 0.1) is 10.6 Å². The summed E-state index contributed by atoms with van der Waals surface area (Å²) in [6.07, 6.45) is 0.922. The Labute approximate surface area is 100.0 Å². The number of primary amides is 1. The van der Waals surface area contributed by atoms with Crippen LogP contribution in [0, 0.1) is 0 Å². The van der Waals surface area contributed by atoms with E-state index < -0.39 is 5.91 Å². The van der Waals surface area contributed by atoms with E-state index in [1.165, 1.54) is 0 Å². The molecule has 0 aromatic heterocycles. The molecule has 0 radical (unpaired) electrons. The van der Waals surface area contributed by atoms with Gasteiger partial charge in [-0.3, -0.25) is 4.79 Å². The number of rotatable bonds is 5. The topological polar surface area (TPSA) is 81.1 Å². The third-order valence-corrected chi connectivity index (χ3v) is 2.70. The van der Waals surface area contributed by atoms with E-state index in [2.05, 4.69) is 5.32 Å². The van der Waals surface area contributed by atoms with Crippen molar-refractivity contribution in [3.05, 3.63) is 28.8 Å². The van der Waals surface area contributed by atoms with E-state index in [1.54, 1.807) is 18.2 Å². The van der Waals surface area contributed by atoms with E-state index in [0.29, 0.717) is 17.1 Å². The highest BCUT2D eigenvalue weighted by atomic mass is 35.5. The number of carbonyl (C=O) groups is 1. The third-order valence-electron chi connectivity index (χ3n) is 2.38. The molecule has 0 bridgehead atoms. The van der Waals surface area contributed by atoms with Crippen molar-refractivity contribution >= 4 is 23.2 Å². The van der Waals surface area contributed by atoms with Crippen molar-refractivity contribution in [2.45, 2.75) is 19.4 Å². The maximum Gasteiger partial charge on any atom is 0.250 e. The largest absolute Gasteiger partial charge is 0.381 e. The van der Waals surface area contributed by atoms with Crippen molar-refractivity contribution in [1.29, 1.82) is 0 Å². The van der Waals surface area contributed by atoms with Gasteiger partial charge in [0.15, 0.2) is 0 Å². The highest BCUT2D eigenvalue weighted by Crippen LogP contribution is 2.21. The molecule has 0 aliphatic carbocycles. The van der Waals surface area contributed by atoms with Gasteiger partial charge in [-0.2, -0.15) is 0 Å². The summed E-state index contributed by atoms with van der Waals surface area (Å²) in [6.45, 7) is 2.59. The fourth-order valence-corrected chi connectivity index (χ4v) is 1.64. The van der Waals surface area contributed by atoms with Crippen molar-refractivity contribution < 1.29 is 4.79 Å². The summed E-state index contributed by atoms with van der Waals surface area (Å²) in [5.74, 6) is -0.526. The molecule has 88 valence electrons. The molecule has 16 heavy (non-hydrogen) atoms. The summed E-state index contributed by atoms with van der Waals surface area (Å²) in [5.41, 5.74) is 11.9. The number of nitrogens with two attached hydrogens (primary N) is 2. The van der Waals surface area contributed by atoms with Gasteiger partial charge in [-0.05, 0) is 24.6 Å². The van der Waals surface area contributed by atoms with Crippen LogP contribution in [0.4, 0.5) is 5.69 Å². The number of amides is 1. The summed E-state index contributed by atoms with van der Waals surface area (Å²) in [5, 5.41) is 3.58. The second kappa shape index (κ2) is 5.72. The van der Waals surface area contributed by atoms with E-state index in [-0.39, 0.29) is 6.04 Å². The van der Waals surface area contributed by atoms with Crippen molar-refractivity contribution in [3.8, 4) is 0 Å². The molecule has 1 rings (SSSR count). The van der Waals surface area contributed by atoms with Gasteiger partial charge >= 0.3 is 0 Å². The quantitative estimate of drug-likeness (QED) is 0.732. The Bertz CT molecular complexity index is 377. The number of benzene rings is 1. The Morgan fingerprint density at radius 2 is 2.25 bits per heavy atom. The molecule has 5 heteroatoms. The van der Waals surface area contributed by atoms with Gasteiger partial charge in [-0.15, -0.1) is 0 Å². The first-order valence-electron chi connectivity index (χ1n) is 5.14. The maximum absolute atomic E-state index is 11.0. The van der Waals surface area contributed by atoms with Crippen LogP contribution < -0.4 is 16.8 Å². The lowest BCUT2D eigenvalue weighted by molar-refractivity contribution is 0.100. The van der Waals surface area contributed by atoms with Crippen molar-refractivity contribution in [1.82, 2.24) is 0 Å². The Balaban J connectivity index is 2.84. The van der Waals surface area contributed by atoms with Crippen LogP contribution in [0.3, 0.4) is 0 Å². The lowest BCUT2D eigenvalue weighted by Gasteiger charge is -2.16. The van der Waals surface area contributed by atoms with Crippen LogP contribution in [-0.2, 0) is 0 Å². The van der Waals surface area contributed by atoms with Crippen LogP contribution in [0.2, 0.25) is 5.02 Å². The van der Waals surface area contributed by atoms with E-state index in [4.69, 9.17) is 23.1 Å². The van der Waals surface area contributed by atoms with Crippen LogP contribution in [0.15, 0.2) is 18.2 Å². The molecule has 0 aliphatic rings. The van der Waals surface area contributed by atoms with E-state index >= 15 is 0 Å². The van der Waals surface area contributed by atoms with E-state index in [0.717, 1.165) is 12.1 Å². The predicted molar refractivity (Wildman–Crippen MR) is 66.7 cm³/mol. The van der Waals surface area contributed by atoms with E-state index in [1.807, 2.05) is 6.92 Å². The maximum atomic E-state index is 11.0. The first kappa shape index (κ1) is 12.8. The molecular weight excluding hydrogens is 226 g/mol. The van der Waals surface area contributed by atoms with Gasteiger partial charge < -0.3 is 16.8 Å². The van der Waals surface area contributed by atoms with Crippen molar-refractivity contribution in [2.24, 2.45) is 11.5 Å². The summed E-state index contributed by atoms with van der Waals surface area (Å²) < 4.78 is 0. The predicted octanol–water partition coefficient (Wildman–Crippen LogP) is 1.59. The Morgan fingerprint density at radius 3 is 2.69 bits per heavy atom. The number of halogens is 1. The second-order valence-electron chi connectivity index (χ2n) is 3.54. The standard InChI is InChI=1S/C11H16ClN3O/c1-2-7(6-13)15-8-3-4-9(11(14)16)10(12)5-8/h3-5,7,15H,2,6,13H2,1H3,(H2,14,16). The molecular formula is C11H16ClN3O. The molecule has 1 atom stereocenters. The minimum absolute atomic E-state index is 0.204. The number of hydrogen-bond donors (Lipinski definition) is 3. The Morgan fingerprint density at radius 1 is 1.56 bits per heavy atom. The van der Waals surface area contributed by atoms with Crippen LogP contribution in [0.5, 0.6) is 0 Å². The minimum atomic E-state index is -0.526. The third kappa shape index (κ3) is 3.12. The Kier molecular flexibility index (Phi) is 4.58. The number of carbonyl (C=O) groups excluding carboxylic acids is 1. The highest BCUT2D eigenvalue weighted by Gasteiger charge is 2.08. The SMILES string of the molecule is CCC(CN)Nc1ccc(C(N)=O)c(Cl)c1. The zero-order valence-corrected chi connectivity index (χ0v) is 9.92. The molecule has 0 aliphatic heterocycles. The first-order valence-corrected chi connectivity index (χ1v) is 5.52. The molecule has 0 fully saturated rings. The summed E-state index contributed by atoms with van der Waals surface area (Å²) in [6, 6.07) is 5.26. The van der Waals surface area contributed by atoms with Gasteiger partial charge in [-0.25, -0.2) is 0 Å². The lowest BCUT2D eigenvalue weighted by atomic mass is 10.1. The molecule has 1 unspecified atom stereocenters. The molecule has 1 aromatic rings. The molecule has 1 aromatic carbocycles. The average molecular weight is 242 g/mol. The van der Waals surface area contributed by atoms with Crippen LogP contribution in [0.25, 0.3) is 0 Å². The fraction of sp³-hybridized carbons (Fsp3) is 0.364. The van der Waals surface area contributed by atoms with Gasteiger partial charge in [0, 0.05) is 18.3 Å². The van der Waals surface area contributed by atoms with Crippen LogP contribution in [-0.4, -0.2) is 18.5 Å². The number of hydrogen-bond acceptors (Lipinski definition) is 3. The molecule has 0 heterocycles. The van der Waals surface area contributed by atoms with Crippen LogP contribution >= 0.6 is 11.6 Å². The van der Waals surface area contributed by atoms with Crippen LogP contribution in [0.1, 0.15) is 23.7 Å². The zero-order valence-electron chi connectivity index (χ0n) is 9.16. The minimum Gasteiger partial charge on any atom is -0.381 e. The monoisotopic (exact) mass is 241 g/mol. The fourth-order valence-electron chi connectivity index (χ4n) is 1.37. The smallest absolute Gasteiger partial charge is 0.250 e. The molecule has 0 saturated heterocycles. The van der Waals surface area contributed by atoms with Gasteiger partial charge in [0.1, 0.15) is 0 Å². The number of nitrogens with one attached hydrogen (secondary N) is 1. The van der Waals surface area contributed by atoms with Gasteiger partial charge in [0.2, 0.25) is 5.91 Å². The van der Waals surface area contributed by atoms with Gasteiger partial charge in [0.25, 0.3) is 0 Å². The molecule has 0 saturated carbocycles. The Hall–Kier alpha value is -1.26. The first-order chi connectivity index (χ1) is 7.58. The molecule has 5 N–H and O–H groups in total. The summed E-state index contributed by atoms with van der Waals surface area (Å²) in [4.78, 5) is 11.0. The average Bonchev–Trinajstić information content (AvgIpc) is 2.25. The second-order valence-corrected chi connectivity index (χ2v) is 3.95. The molecule has 0 spiro atoms. The van der Waals surface area contributed by atoms with E-state index in [9.17, 15) is 4.79 Å². The number of anilines is 1. The normalized spacial score (nSPS) is 12.2. The van der Waals surface area contributed by atoms with Gasteiger partial charge in [-0.1, -0.05) is 18.5 Å². The zero-order chi connectivity index (χ0) is 12.1. The molecule has 4 nitrogen and oxygen atoms in total.